The third kappa shape index (κ3) is 3.19. The van der Waals surface area contributed by atoms with Gasteiger partial charge in [0.25, 0.3) is 5.91 Å². The number of carbonyl (C=O) groups is 1. The number of halogens is 2. The molecule has 0 fully saturated rings. The maximum Gasteiger partial charge on any atom is 0.263 e. The van der Waals surface area contributed by atoms with Crippen LogP contribution in [-0.2, 0) is 0 Å². The molecule has 3 rings (SSSR count). The number of nitrogens with one attached hydrogen (secondary N) is 1. The Bertz CT molecular complexity index is 835. The summed E-state index contributed by atoms with van der Waals surface area (Å²) < 4.78 is 14.0. The number of thiophene rings is 1. The molecule has 0 saturated carbocycles. The van der Waals surface area contributed by atoms with Crippen LogP contribution in [0, 0.1) is 5.82 Å². The molecule has 1 N–H and O–H groups in total. The zero-order valence-electron chi connectivity index (χ0n) is 13.0. The van der Waals surface area contributed by atoms with E-state index in [9.17, 15) is 9.18 Å². The van der Waals surface area contributed by atoms with Crippen molar-refractivity contribution in [3.63, 3.8) is 0 Å². The van der Waals surface area contributed by atoms with Gasteiger partial charge < -0.3 is 5.32 Å². The fourth-order valence-corrected chi connectivity index (χ4v) is 4.11. The smallest absolute Gasteiger partial charge is 0.263 e. The van der Waals surface area contributed by atoms with E-state index in [2.05, 4.69) is 17.5 Å². The van der Waals surface area contributed by atoms with Crippen LogP contribution in [0.4, 0.5) is 4.39 Å². The summed E-state index contributed by atoms with van der Waals surface area (Å²) in [5.74, 6) is -0.568. The van der Waals surface area contributed by atoms with Gasteiger partial charge in [0.1, 0.15) is 10.7 Å². The standard InChI is InChI=1S/C18H17ClFNOS/c1-18(2,11-6-4-3-5-7-11)21-17(22)16-15(19)13-9-8-12(20)10-14(13)23-16/h4,6-10H,3,5H2,1-2H3,(H,21,22). The third-order valence-corrected chi connectivity index (χ3v) is 5.60. The first-order chi connectivity index (χ1) is 10.9. The van der Waals surface area contributed by atoms with Crippen LogP contribution in [0.1, 0.15) is 36.4 Å². The number of fused-ring (bicyclic) bond motifs is 1. The lowest BCUT2D eigenvalue weighted by molar-refractivity contribution is 0.0929. The summed E-state index contributed by atoms with van der Waals surface area (Å²) in [4.78, 5) is 13.1. The molecule has 1 aliphatic carbocycles. The molecule has 0 spiro atoms. The molecule has 1 heterocycles. The Hall–Kier alpha value is -1.65. The van der Waals surface area contributed by atoms with Crippen molar-refractivity contribution in [1.82, 2.24) is 5.32 Å². The van der Waals surface area contributed by atoms with E-state index in [4.69, 9.17) is 11.6 Å². The normalized spacial score (nSPS) is 14.9. The van der Waals surface area contributed by atoms with Crippen LogP contribution in [0.5, 0.6) is 0 Å². The fourth-order valence-electron chi connectivity index (χ4n) is 2.67. The van der Waals surface area contributed by atoms with Crippen molar-refractivity contribution in [2.75, 3.05) is 0 Å². The average molecular weight is 350 g/mol. The van der Waals surface area contributed by atoms with Crippen molar-refractivity contribution in [2.45, 2.75) is 32.2 Å². The Morgan fingerprint density at radius 2 is 2.13 bits per heavy atom. The zero-order valence-corrected chi connectivity index (χ0v) is 14.5. The van der Waals surface area contributed by atoms with Crippen LogP contribution >= 0.6 is 22.9 Å². The Balaban J connectivity index is 1.90. The van der Waals surface area contributed by atoms with Crippen LogP contribution in [0.15, 0.2) is 42.0 Å². The van der Waals surface area contributed by atoms with Gasteiger partial charge in [0.15, 0.2) is 0 Å². The topological polar surface area (TPSA) is 29.1 Å². The first-order valence-electron chi connectivity index (χ1n) is 7.46. The Labute approximate surface area is 143 Å². The quantitative estimate of drug-likeness (QED) is 0.781. The highest BCUT2D eigenvalue weighted by Gasteiger charge is 2.27. The van der Waals surface area contributed by atoms with Gasteiger partial charge in [0.05, 0.1) is 10.6 Å². The molecule has 120 valence electrons. The molecule has 1 aromatic carbocycles. The summed E-state index contributed by atoms with van der Waals surface area (Å²) in [5, 5.41) is 4.12. The van der Waals surface area contributed by atoms with Gasteiger partial charge in [-0.1, -0.05) is 29.8 Å². The van der Waals surface area contributed by atoms with Crippen molar-refractivity contribution < 1.29 is 9.18 Å². The second-order valence-electron chi connectivity index (χ2n) is 6.10. The molecule has 0 atom stereocenters. The number of benzene rings is 1. The summed E-state index contributed by atoms with van der Waals surface area (Å²) >= 11 is 7.53. The minimum Gasteiger partial charge on any atom is -0.342 e. The predicted molar refractivity (Wildman–Crippen MR) is 94.8 cm³/mol. The monoisotopic (exact) mass is 349 g/mol. The molecular formula is C18H17ClFNOS. The van der Waals surface area contributed by atoms with E-state index in [1.807, 2.05) is 19.9 Å². The van der Waals surface area contributed by atoms with E-state index in [1.165, 1.54) is 23.5 Å². The number of hydrogen-bond acceptors (Lipinski definition) is 2. The molecule has 1 aromatic heterocycles. The number of amides is 1. The molecular weight excluding hydrogens is 333 g/mol. The lowest BCUT2D eigenvalue weighted by atomic mass is 9.89. The van der Waals surface area contributed by atoms with Gasteiger partial charge in [-0.2, -0.15) is 0 Å². The van der Waals surface area contributed by atoms with Crippen LogP contribution in [0.2, 0.25) is 5.02 Å². The summed E-state index contributed by atoms with van der Waals surface area (Å²) in [6, 6.07) is 4.36. The first-order valence-corrected chi connectivity index (χ1v) is 8.65. The van der Waals surface area contributed by atoms with Gasteiger partial charge in [-0.15, -0.1) is 11.3 Å². The minimum atomic E-state index is -0.487. The summed E-state index contributed by atoms with van der Waals surface area (Å²) in [6.07, 6.45) is 8.31. The van der Waals surface area contributed by atoms with Crippen LogP contribution in [0.3, 0.4) is 0 Å². The SMILES string of the molecule is CC(C)(NC(=O)c1sc2cc(F)ccc2c1Cl)C1=CCCC=C1. The second-order valence-corrected chi connectivity index (χ2v) is 7.53. The minimum absolute atomic E-state index is 0.235. The molecule has 5 heteroatoms. The molecule has 1 aliphatic rings. The van der Waals surface area contributed by atoms with Gasteiger partial charge in [0.2, 0.25) is 0 Å². The molecule has 0 radical (unpaired) electrons. The van der Waals surface area contributed by atoms with E-state index >= 15 is 0 Å². The van der Waals surface area contributed by atoms with E-state index in [1.54, 1.807) is 6.07 Å². The fraction of sp³-hybridized carbons (Fsp3) is 0.278. The van der Waals surface area contributed by atoms with E-state index in [0.717, 1.165) is 18.4 Å². The second kappa shape index (κ2) is 6.10. The van der Waals surface area contributed by atoms with E-state index in [-0.39, 0.29) is 11.7 Å². The van der Waals surface area contributed by atoms with E-state index < -0.39 is 5.54 Å². The lowest BCUT2D eigenvalue weighted by Gasteiger charge is -2.29. The highest BCUT2D eigenvalue weighted by molar-refractivity contribution is 7.21. The Morgan fingerprint density at radius 1 is 1.35 bits per heavy atom. The van der Waals surface area contributed by atoms with Gasteiger partial charge in [0, 0.05) is 10.1 Å². The third-order valence-electron chi connectivity index (χ3n) is 3.94. The van der Waals surface area contributed by atoms with Crippen LogP contribution in [0.25, 0.3) is 10.1 Å². The van der Waals surface area contributed by atoms with Crippen LogP contribution < -0.4 is 5.32 Å². The molecule has 1 amide bonds. The Kier molecular flexibility index (Phi) is 4.30. The molecule has 0 bridgehead atoms. The lowest BCUT2D eigenvalue weighted by Crippen LogP contribution is -2.44. The van der Waals surface area contributed by atoms with Crippen molar-refractivity contribution in [2.24, 2.45) is 0 Å². The maximum atomic E-state index is 13.3. The maximum absolute atomic E-state index is 13.3. The molecule has 0 aliphatic heterocycles. The molecule has 2 aromatic rings. The van der Waals surface area contributed by atoms with Crippen molar-refractivity contribution in [3.05, 3.63) is 57.7 Å². The largest absolute Gasteiger partial charge is 0.342 e. The van der Waals surface area contributed by atoms with Gasteiger partial charge in [-0.3, -0.25) is 4.79 Å². The zero-order chi connectivity index (χ0) is 16.6. The summed E-state index contributed by atoms with van der Waals surface area (Å²) in [7, 11) is 0. The number of hydrogen-bond donors (Lipinski definition) is 1. The average Bonchev–Trinajstić information content (AvgIpc) is 2.84. The number of carbonyl (C=O) groups excluding carboxylic acids is 1. The molecule has 23 heavy (non-hydrogen) atoms. The van der Waals surface area contributed by atoms with Gasteiger partial charge >= 0.3 is 0 Å². The highest BCUT2D eigenvalue weighted by Crippen LogP contribution is 2.36. The van der Waals surface area contributed by atoms with Crippen molar-refractivity contribution in [3.8, 4) is 0 Å². The van der Waals surface area contributed by atoms with Gasteiger partial charge in [-0.25, -0.2) is 4.39 Å². The number of rotatable bonds is 3. The van der Waals surface area contributed by atoms with Crippen molar-refractivity contribution in [1.29, 1.82) is 0 Å². The number of allylic oxidation sites excluding steroid dienone is 2. The Morgan fingerprint density at radius 3 is 2.83 bits per heavy atom. The van der Waals surface area contributed by atoms with E-state index in [0.29, 0.717) is 20.0 Å². The molecule has 0 unspecified atom stereocenters. The van der Waals surface area contributed by atoms with Crippen molar-refractivity contribution >= 4 is 38.9 Å². The first kappa shape index (κ1) is 16.2. The van der Waals surface area contributed by atoms with Gasteiger partial charge in [-0.05, 0) is 50.5 Å². The molecule has 2 nitrogen and oxygen atoms in total. The molecule has 0 saturated heterocycles. The highest BCUT2D eigenvalue weighted by atomic mass is 35.5. The van der Waals surface area contributed by atoms with Crippen LogP contribution in [-0.4, -0.2) is 11.4 Å². The predicted octanol–water partition coefficient (Wildman–Crippen LogP) is 5.48. The summed E-state index contributed by atoms with van der Waals surface area (Å²) in [6.45, 7) is 3.93. The summed E-state index contributed by atoms with van der Waals surface area (Å²) in [5.41, 5.74) is 0.596.